The monoisotopic (exact) mass is 279 g/mol. The predicted octanol–water partition coefficient (Wildman–Crippen LogP) is 5.29. The van der Waals surface area contributed by atoms with Crippen molar-refractivity contribution in [2.75, 3.05) is 6.54 Å². The molecule has 0 spiro atoms. The van der Waals surface area contributed by atoms with Crippen LogP contribution in [-0.4, -0.2) is 6.54 Å². The lowest BCUT2D eigenvalue weighted by atomic mass is 9.79. The molecule has 0 saturated carbocycles. The number of hydrogen-bond donors (Lipinski definition) is 1. The first-order valence-corrected chi connectivity index (χ1v) is 8.22. The molecule has 2 aromatic rings. The quantitative estimate of drug-likeness (QED) is 0.801. The molecule has 0 aromatic heterocycles. The van der Waals surface area contributed by atoms with E-state index < -0.39 is 0 Å². The zero-order chi connectivity index (χ0) is 14.7. The zero-order valence-corrected chi connectivity index (χ0v) is 13.1. The number of benzene rings is 2. The minimum absolute atomic E-state index is 0.528. The number of rotatable bonds is 4. The molecule has 0 amide bonds. The summed E-state index contributed by atoms with van der Waals surface area (Å²) in [6.45, 7) is 5.70. The molecule has 1 aliphatic rings. The molecular weight excluding hydrogens is 254 g/mol. The van der Waals surface area contributed by atoms with Crippen LogP contribution in [0.15, 0.2) is 48.5 Å². The Morgan fingerprint density at radius 2 is 1.76 bits per heavy atom. The summed E-state index contributed by atoms with van der Waals surface area (Å²) in [7, 11) is 0. The summed E-state index contributed by atoms with van der Waals surface area (Å²) in [4.78, 5) is 0. The molecule has 110 valence electrons. The molecule has 0 aliphatic heterocycles. The zero-order valence-electron chi connectivity index (χ0n) is 13.1. The van der Waals surface area contributed by atoms with Crippen LogP contribution in [0.2, 0.25) is 0 Å². The van der Waals surface area contributed by atoms with Gasteiger partial charge >= 0.3 is 0 Å². The van der Waals surface area contributed by atoms with Gasteiger partial charge in [0.2, 0.25) is 0 Å². The molecule has 2 unspecified atom stereocenters. The summed E-state index contributed by atoms with van der Waals surface area (Å²) in [6, 6.07) is 18.3. The standard InChI is InChI=1S/C20H25N/c1-3-13-21-20-12-9-15(2)18-11-10-17(14-19(18)20)16-7-5-4-6-8-16/h4-8,10-11,14-15,20-21H,3,9,12-13H2,1-2H3. The van der Waals surface area contributed by atoms with Crippen molar-refractivity contribution in [3.63, 3.8) is 0 Å². The van der Waals surface area contributed by atoms with Crippen LogP contribution in [-0.2, 0) is 0 Å². The second-order valence-electron chi connectivity index (χ2n) is 6.19. The van der Waals surface area contributed by atoms with Gasteiger partial charge in [0.25, 0.3) is 0 Å². The normalized spacial score (nSPS) is 21.0. The van der Waals surface area contributed by atoms with Gasteiger partial charge in [-0.1, -0.05) is 56.3 Å². The average molecular weight is 279 g/mol. The number of fused-ring (bicyclic) bond motifs is 1. The van der Waals surface area contributed by atoms with Crippen molar-refractivity contribution in [3.05, 3.63) is 59.7 Å². The fourth-order valence-corrected chi connectivity index (χ4v) is 3.39. The van der Waals surface area contributed by atoms with E-state index in [1.54, 1.807) is 0 Å². The van der Waals surface area contributed by atoms with Gasteiger partial charge in [-0.3, -0.25) is 0 Å². The summed E-state index contributed by atoms with van der Waals surface area (Å²) < 4.78 is 0. The molecule has 0 saturated heterocycles. The van der Waals surface area contributed by atoms with E-state index in [1.165, 1.54) is 41.5 Å². The van der Waals surface area contributed by atoms with Crippen LogP contribution < -0.4 is 5.32 Å². The largest absolute Gasteiger partial charge is 0.310 e. The van der Waals surface area contributed by atoms with Crippen LogP contribution in [0, 0.1) is 0 Å². The summed E-state index contributed by atoms with van der Waals surface area (Å²) in [6.07, 6.45) is 3.74. The molecule has 2 atom stereocenters. The summed E-state index contributed by atoms with van der Waals surface area (Å²) in [5.74, 6) is 0.685. The Morgan fingerprint density at radius 3 is 2.52 bits per heavy atom. The molecule has 0 heterocycles. The van der Waals surface area contributed by atoms with Gasteiger partial charge in [-0.05, 0) is 60.0 Å². The van der Waals surface area contributed by atoms with Crippen LogP contribution in [0.25, 0.3) is 11.1 Å². The van der Waals surface area contributed by atoms with E-state index in [-0.39, 0.29) is 0 Å². The minimum atomic E-state index is 0.528. The topological polar surface area (TPSA) is 12.0 Å². The number of nitrogens with one attached hydrogen (secondary N) is 1. The first-order chi connectivity index (χ1) is 10.3. The maximum Gasteiger partial charge on any atom is 0.0323 e. The van der Waals surface area contributed by atoms with Crippen molar-refractivity contribution in [2.24, 2.45) is 0 Å². The molecule has 0 radical (unpaired) electrons. The highest BCUT2D eigenvalue weighted by atomic mass is 14.9. The Kier molecular flexibility index (Phi) is 4.40. The summed E-state index contributed by atoms with van der Waals surface area (Å²) in [5.41, 5.74) is 5.71. The summed E-state index contributed by atoms with van der Waals surface area (Å²) in [5, 5.41) is 3.73. The second-order valence-corrected chi connectivity index (χ2v) is 6.19. The maximum absolute atomic E-state index is 3.73. The van der Waals surface area contributed by atoms with Crippen molar-refractivity contribution in [1.82, 2.24) is 5.32 Å². The third-order valence-electron chi connectivity index (χ3n) is 4.63. The van der Waals surface area contributed by atoms with E-state index in [0.717, 1.165) is 6.54 Å². The van der Waals surface area contributed by atoms with Crippen LogP contribution in [0.1, 0.15) is 56.2 Å². The highest BCUT2D eigenvalue weighted by Crippen LogP contribution is 2.39. The van der Waals surface area contributed by atoms with Gasteiger partial charge in [-0.15, -0.1) is 0 Å². The van der Waals surface area contributed by atoms with E-state index in [9.17, 15) is 0 Å². The molecule has 1 N–H and O–H groups in total. The van der Waals surface area contributed by atoms with Gasteiger partial charge < -0.3 is 5.32 Å². The fraction of sp³-hybridized carbons (Fsp3) is 0.400. The Bertz CT molecular complexity index is 588. The molecule has 0 fully saturated rings. The predicted molar refractivity (Wildman–Crippen MR) is 90.6 cm³/mol. The molecular formula is C20H25N. The molecule has 0 bridgehead atoms. The minimum Gasteiger partial charge on any atom is -0.310 e. The molecule has 1 nitrogen and oxygen atoms in total. The molecule has 1 aliphatic carbocycles. The van der Waals surface area contributed by atoms with Crippen LogP contribution in [0.5, 0.6) is 0 Å². The average Bonchev–Trinajstić information content (AvgIpc) is 2.55. The second kappa shape index (κ2) is 6.44. The lowest BCUT2D eigenvalue weighted by Gasteiger charge is -2.31. The van der Waals surface area contributed by atoms with E-state index >= 15 is 0 Å². The number of hydrogen-bond acceptors (Lipinski definition) is 1. The van der Waals surface area contributed by atoms with Crippen LogP contribution in [0.4, 0.5) is 0 Å². The SMILES string of the molecule is CCCNC1CCC(C)c2ccc(-c3ccccc3)cc21. The Hall–Kier alpha value is -1.60. The molecule has 1 heteroatoms. The van der Waals surface area contributed by atoms with Crippen LogP contribution in [0.3, 0.4) is 0 Å². The van der Waals surface area contributed by atoms with Crippen molar-refractivity contribution < 1.29 is 0 Å². The van der Waals surface area contributed by atoms with E-state index in [0.29, 0.717) is 12.0 Å². The maximum atomic E-state index is 3.73. The Labute approximate surface area is 128 Å². The third-order valence-corrected chi connectivity index (χ3v) is 4.63. The van der Waals surface area contributed by atoms with Crippen molar-refractivity contribution in [1.29, 1.82) is 0 Å². The van der Waals surface area contributed by atoms with Gasteiger partial charge in [0.05, 0.1) is 0 Å². The van der Waals surface area contributed by atoms with E-state index in [4.69, 9.17) is 0 Å². The molecule has 3 rings (SSSR count). The van der Waals surface area contributed by atoms with E-state index in [2.05, 4.69) is 67.7 Å². The van der Waals surface area contributed by atoms with Crippen molar-refractivity contribution >= 4 is 0 Å². The van der Waals surface area contributed by atoms with Gasteiger partial charge in [0.1, 0.15) is 0 Å². The van der Waals surface area contributed by atoms with Gasteiger partial charge in [0, 0.05) is 6.04 Å². The van der Waals surface area contributed by atoms with Gasteiger partial charge in [0.15, 0.2) is 0 Å². The van der Waals surface area contributed by atoms with Gasteiger partial charge in [-0.2, -0.15) is 0 Å². The Morgan fingerprint density at radius 1 is 0.952 bits per heavy atom. The Balaban J connectivity index is 1.97. The first-order valence-electron chi connectivity index (χ1n) is 8.22. The summed E-state index contributed by atoms with van der Waals surface area (Å²) >= 11 is 0. The van der Waals surface area contributed by atoms with Crippen molar-refractivity contribution in [3.8, 4) is 11.1 Å². The fourth-order valence-electron chi connectivity index (χ4n) is 3.39. The van der Waals surface area contributed by atoms with Gasteiger partial charge in [-0.25, -0.2) is 0 Å². The molecule has 21 heavy (non-hydrogen) atoms. The highest BCUT2D eigenvalue weighted by Gasteiger charge is 2.24. The lowest BCUT2D eigenvalue weighted by molar-refractivity contribution is 0.433. The molecule has 2 aromatic carbocycles. The first kappa shape index (κ1) is 14.3. The third kappa shape index (κ3) is 3.03. The highest BCUT2D eigenvalue weighted by molar-refractivity contribution is 5.65. The van der Waals surface area contributed by atoms with Crippen molar-refractivity contribution in [2.45, 2.75) is 45.1 Å². The van der Waals surface area contributed by atoms with E-state index in [1.807, 2.05) is 0 Å². The smallest absolute Gasteiger partial charge is 0.0323 e. The lowest BCUT2D eigenvalue weighted by Crippen LogP contribution is -2.26. The van der Waals surface area contributed by atoms with Crippen LogP contribution >= 0.6 is 0 Å².